The quantitative estimate of drug-likeness (QED) is 0.437. The normalized spacial score (nSPS) is 19.5. The molecule has 2 saturated heterocycles. The lowest BCUT2D eigenvalue weighted by Gasteiger charge is -2.36. The number of alkyl halides is 3. The molecule has 0 N–H and O–H groups in total. The fourth-order valence-corrected chi connectivity index (χ4v) is 5.65. The van der Waals surface area contributed by atoms with Crippen LogP contribution >= 0.6 is 11.8 Å². The van der Waals surface area contributed by atoms with Crippen molar-refractivity contribution < 1.29 is 18.0 Å². The second kappa shape index (κ2) is 12.3. The molecule has 36 heavy (non-hydrogen) atoms. The first kappa shape index (κ1) is 26.8. The average molecular weight is 521 g/mol. The summed E-state index contributed by atoms with van der Waals surface area (Å²) in [6, 6.07) is 10.8. The van der Waals surface area contributed by atoms with Crippen molar-refractivity contribution in [1.29, 1.82) is 0 Å². The Morgan fingerprint density at radius 1 is 1.06 bits per heavy atom. The third kappa shape index (κ3) is 8.13. The number of pyridine rings is 1. The van der Waals surface area contributed by atoms with Crippen molar-refractivity contribution in [1.82, 2.24) is 14.8 Å². The number of hydrogen-bond donors (Lipinski definition) is 0. The van der Waals surface area contributed by atoms with Crippen LogP contribution in [0.25, 0.3) is 0 Å². The largest absolute Gasteiger partial charge is 0.446 e. The summed E-state index contributed by atoms with van der Waals surface area (Å²) in [6.07, 6.45) is 6.19. The number of aryl methyl sites for hydroxylation is 1. The highest BCUT2D eigenvalue weighted by Crippen LogP contribution is 2.37. The maximum Gasteiger partial charge on any atom is 0.446 e. The Morgan fingerprint density at radius 3 is 2.47 bits per heavy atom. The number of likely N-dealkylation sites (tertiary alicyclic amines) is 1. The maximum atomic E-state index is 12.9. The number of nitrogens with zero attached hydrogens (tertiary/aromatic N) is 4. The van der Waals surface area contributed by atoms with Crippen molar-refractivity contribution in [2.45, 2.75) is 49.4 Å². The van der Waals surface area contributed by atoms with Gasteiger partial charge in [0.1, 0.15) is 0 Å². The Balaban J connectivity index is 1.16. The zero-order valence-corrected chi connectivity index (χ0v) is 21.7. The summed E-state index contributed by atoms with van der Waals surface area (Å²) >= 11 is -0.0842. The van der Waals surface area contributed by atoms with Crippen molar-refractivity contribution in [2.24, 2.45) is 5.92 Å². The van der Waals surface area contributed by atoms with Gasteiger partial charge < -0.3 is 9.80 Å². The van der Waals surface area contributed by atoms with Crippen LogP contribution in [0.15, 0.2) is 47.5 Å². The molecule has 0 saturated carbocycles. The minimum atomic E-state index is -4.26. The Kier molecular flexibility index (Phi) is 9.17. The van der Waals surface area contributed by atoms with Gasteiger partial charge in [-0.25, -0.2) is 0 Å². The van der Waals surface area contributed by atoms with Gasteiger partial charge in [-0.05, 0) is 86.7 Å². The van der Waals surface area contributed by atoms with Gasteiger partial charge in [-0.2, -0.15) is 13.2 Å². The van der Waals surface area contributed by atoms with Crippen molar-refractivity contribution in [3.63, 3.8) is 0 Å². The lowest BCUT2D eigenvalue weighted by Crippen LogP contribution is -2.47. The number of piperazine rings is 1. The number of rotatable bonds is 8. The van der Waals surface area contributed by atoms with Crippen molar-refractivity contribution in [3.8, 4) is 0 Å². The summed E-state index contributed by atoms with van der Waals surface area (Å²) < 4.78 is 37.6. The molecule has 2 aromatic rings. The molecule has 0 radical (unpaired) electrons. The average Bonchev–Trinajstić information content (AvgIpc) is 2.85. The van der Waals surface area contributed by atoms with Crippen LogP contribution in [-0.4, -0.2) is 72.0 Å². The van der Waals surface area contributed by atoms with Crippen LogP contribution in [0.3, 0.4) is 0 Å². The SMILES string of the molecule is Cc1ccc(N2CCN(CCCC(=O)N3CCC[C@H](Cc4ccc(SC(F)(F)F)cc4)C3)CC2)cn1. The number of halogens is 3. The summed E-state index contributed by atoms with van der Waals surface area (Å²) in [7, 11) is 0. The predicted octanol–water partition coefficient (Wildman–Crippen LogP) is 5.39. The molecule has 4 rings (SSSR count). The first-order valence-corrected chi connectivity index (χ1v) is 13.6. The van der Waals surface area contributed by atoms with E-state index in [0.717, 1.165) is 82.8 Å². The number of carbonyl (C=O) groups excluding carboxylic acids is 1. The van der Waals surface area contributed by atoms with E-state index in [1.807, 2.05) is 24.1 Å². The molecule has 1 amide bonds. The predicted molar refractivity (Wildman–Crippen MR) is 138 cm³/mol. The highest BCUT2D eigenvalue weighted by atomic mass is 32.2. The first-order chi connectivity index (χ1) is 17.2. The summed E-state index contributed by atoms with van der Waals surface area (Å²) in [5.41, 5.74) is -1.04. The zero-order chi connectivity index (χ0) is 25.5. The number of benzene rings is 1. The standard InChI is InChI=1S/C27H35F3N4OS/c1-21-6-9-24(19-31-21)33-16-14-32(15-17-33)12-3-5-26(35)34-13-2-4-23(20-34)18-22-7-10-25(11-8-22)36-27(28,29)30/h6-11,19,23H,2-5,12-18,20H2,1H3/t23-/m1/s1. The van der Waals surface area contributed by atoms with E-state index < -0.39 is 5.51 Å². The van der Waals surface area contributed by atoms with Gasteiger partial charge in [0.2, 0.25) is 5.91 Å². The topological polar surface area (TPSA) is 39.7 Å². The summed E-state index contributed by atoms with van der Waals surface area (Å²) in [6.45, 7) is 8.41. The van der Waals surface area contributed by atoms with Crippen LogP contribution in [0.5, 0.6) is 0 Å². The molecule has 0 aliphatic carbocycles. The van der Waals surface area contributed by atoms with Gasteiger partial charge in [0.25, 0.3) is 0 Å². The van der Waals surface area contributed by atoms with E-state index in [0.29, 0.717) is 12.3 Å². The Morgan fingerprint density at radius 2 is 1.81 bits per heavy atom. The molecular weight excluding hydrogens is 485 g/mol. The van der Waals surface area contributed by atoms with Gasteiger partial charge in [-0.1, -0.05) is 12.1 Å². The van der Waals surface area contributed by atoms with E-state index in [4.69, 9.17) is 0 Å². The van der Waals surface area contributed by atoms with Gasteiger partial charge in [-0.15, -0.1) is 0 Å². The molecule has 196 valence electrons. The molecule has 9 heteroatoms. The molecule has 2 aliphatic rings. The summed E-state index contributed by atoms with van der Waals surface area (Å²) in [5, 5.41) is 0. The number of thioether (sulfide) groups is 1. The molecule has 1 aromatic carbocycles. The molecule has 2 fully saturated rings. The monoisotopic (exact) mass is 520 g/mol. The van der Waals surface area contributed by atoms with Gasteiger partial charge in [-0.3, -0.25) is 14.7 Å². The van der Waals surface area contributed by atoms with Crippen LogP contribution < -0.4 is 4.90 Å². The fourth-order valence-electron chi connectivity index (χ4n) is 5.11. The number of carbonyl (C=O) groups is 1. The van der Waals surface area contributed by atoms with Crippen molar-refractivity contribution >= 4 is 23.4 Å². The summed E-state index contributed by atoms with van der Waals surface area (Å²) in [5.74, 6) is 0.578. The van der Waals surface area contributed by atoms with Crippen LogP contribution in [0.2, 0.25) is 0 Å². The van der Waals surface area contributed by atoms with Gasteiger partial charge >= 0.3 is 5.51 Å². The zero-order valence-electron chi connectivity index (χ0n) is 20.8. The number of anilines is 1. The number of aromatic nitrogens is 1. The Labute approximate surface area is 216 Å². The Hall–Kier alpha value is -2.26. The van der Waals surface area contributed by atoms with Gasteiger partial charge in [0.05, 0.1) is 11.9 Å². The van der Waals surface area contributed by atoms with E-state index in [1.165, 1.54) is 17.8 Å². The lowest BCUT2D eigenvalue weighted by molar-refractivity contribution is -0.133. The maximum absolute atomic E-state index is 12.9. The highest BCUT2D eigenvalue weighted by Gasteiger charge is 2.29. The third-order valence-electron chi connectivity index (χ3n) is 7.05. The highest BCUT2D eigenvalue weighted by molar-refractivity contribution is 8.00. The lowest BCUT2D eigenvalue weighted by atomic mass is 9.91. The smallest absolute Gasteiger partial charge is 0.368 e. The molecule has 0 spiro atoms. The van der Waals surface area contributed by atoms with Crippen molar-refractivity contribution in [2.75, 3.05) is 50.7 Å². The van der Waals surface area contributed by atoms with Gasteiger partial charge in [0.15, 0.2) is 0 Å². The van der Waals surface area contributed by atoms with E-state index in [2.05, 4.69) is 20.9 Å². The second-order valence-corrected chi connectivity index (χ2v) is 11.0. The summed E-state index contributed by atoms with van der Waals surface area (Å²) in [4.78, 5) is 24.3. The molecule has 0 unspecified atom stereocenters. The van der Waals surface area contributed by atoms with Crippen LogP contribution in [0, 0.1) is 12.8 Å². The molecule has 2 aliphatic heterocycles. The first-order valence-electron chi connectivity index (χ1n) is 12.8. The molecule has 1 aromatic heterocycles. The second-order valence-electron chi connectivity index (χ2n) is 9.83. The molecule has 1 atom stereocenters. The van der Waals surface area contributed by atoms with E-state index in [-0.39, 0.29) is 22.6 Å². The minimum Gasteiger partial charge on any atom is -0.368 e. The van der Waals surface area contributed by atoms with E-state index >= 15 is 0 Å². The Bertz CT molecular complexity index is 976. The van der Waals surface area contributed by atoms with Crippen LogP contribution in [0.1, 0.15) is 36.9 Å². The molecular formula is C27H35F3N4OS. The van der Waals surface area contributed by atoms with Crippen LogP contribution in [-0.2, 0) is 11.2 Å². The third-order valence-corrected chi connectivity index (χ3v) is 7.79. The fraction of sp³-hybridized carbons (Fsp3) is 0.556. The van der Waals surface area contributed by atoms with Gasteiger partial charge in [0, 0.05) is 56.3 Å². The number of hydrogen-bond acceptors (Lipinski definition) is 5. The molecule has 3 heterocycles. The minimum absolute atomic E-state index is 0.0842. The van der Waals surface area contributed by atoms with E-state index in [1.54, 1.807) is 12.1 Å². The van der Waals surface area contributed by atoms with Crippen LogP contribution in [0.4, 0.5) is 18.9 Å². The van der Waals surface area contributed by atoms with E-state index in [9.17, 15) is 18.0 Å². The number of piperidine rings is 1. The number of amides is 1. The molecule has 5 nitrogen and oxygen atoms in total. The molecule has 0 bridgehead atoms. The van der Waals surface area contributed by atoms with Crippen molar-refractivity contribution in [3.05, 3.63) is 53.9 Å².